The van der Waals surface area contributed by atoms with E-state index in [4.69, 9.17) is 17.0 Å². The van der Waals surface area contributed by atoms with Crippen LogP contribution in [0.5, 0.6) is 0 Å². The summed E-state index contributed by atoms with van der Waals surface area (Å²) in [6.45, 7) is 9.28. The van der Waals surface area contributed by atoms with E-state index < -0.39 is 12.1 Å². The quantitative estimate of drug-likeness (QED) is 0.465. The fourth-order valence-corrected chi connectivity index (χ4v) is 3.58. The van der Waals surface area contributed by atoms with Crippen LogP contribution in [0, 0.1) is 17.2 Å². The monoisotopic (exact) mass is 379 g/mol. The molecule has 0 spiro atoms. The van der Waals surface area contributed by atoms with Gasteiger partial charge in [-0.15, -0.1) is 0 Å². The minimum absolute atomic E-state index is 0.0733. The van der Waals surface area contributed by atoms with Crippen LogP contribution in [0.25, 0.3) is 0 Å². The first-order valence-corrected chi connectivity index (χ1v) is 8.97. The molecule has 5 unspecified atom stereocenters. The number of amides is 2. The predicted molar refractivity (Wildman–Crippen MR) is 102 cm³/mol. The van der Waals surface area contributed by atoms with Crippen LogP contribution in [0.4, 0.5) is 0 Å². The van der Waals surface area contributed by atoms with Gasteiger partial charge in [0.25, 0.3) is 0 Å². The zero-order chi connectivity index (χ0) is 19.4. The van der Waals surface area contributed by atoms with Crippen molar-refractivity contribution >= 4 is 29.6 Å². The summed E-state index contributed by atoms with van der Waals surface area (Å²) in [5, 5.41) is 20.1. The molecule has 0 radical (unpaired) electrons. The second-order valence-corrected chi connectivity index (χ2v) is 7.30. The Morgan fingerprint density at radius 2 is 2.15 bits per heavy atom. The molecule has 26 heavy (non-hydrogen) atoms. The van der Waals surface area contributed by atoms with Crippen LogP contribution >= 0.6 is 11.6 Å². The van der Waals surface area contributed by atoms with Gasteiger partial charge >= 0.3 is 0 Å². The molecule has 5 atom stereocenters. The van der Waals surface area contributed by atoms with Gasteiger partial charge in [-0.25, -0.2) is 0 Å². The van der Waals surface area contributed by atoms with E-state index in [2.05, 4.69) is 27.8 Å². The highest BCUT2D eigenvalue weighted by molar-refractivity contribution is 6.30. The second-order valence-electron chi connectivity index (χ2n) is 6.87. The summed E-state index contributed by atoms with van der Waals surface area (Å²) in [6, 6.07) is -0.134. The lowest BCUT2D eigenvalue weighted by Crippen LogP contribution is -2.58. The van der Waals surface area contributed by atoms with Gasteiger partial charge in [0.1, 0.15) is 5.92 Å². The van der Waals surface area contributed by atoms with E-state index in [1.807, 2.05) is 19.9 Å². The molecule has 1 heterocycles. The van der Waals surface area contributed by atoms with Crippen molar-refractivity contribution in [1.29, 1.82) is 5.41 Å². The third kappa shape index (κ3) is 4.95. The van der Waals surface area contributed by atoms with E-state index in [9.17, 15) is 9.59 Å². The topological polar surface area (TPSA) is 106 Å². The smallest absolute Gasteiger partial charge is 0.236 e. The molecule has 1 saturated heterocycles. The molecule has 1 fully saturated rings. The Morgan fingerprint density at radius 3 is 2.69 bits per heavy atom. The maximum Gasteiger partial charge on any atom is 0.236 e. The van der Waals surface area contributed by atoms with E-state index in [1.165, 1.54) is 6.92 Å². The molecule has 0 aromatic rings. The average Bonchev–Trinajstić information content (AvgIpc) is 2.50. The van der Waals surface area contributed by atoms with Gasteiger partial charge in [-0.05, 0) is 13.0 Å². The minimum atomic E-state index is -0.703. The van der Waals surface area contributed by atoms with Crippen molar-refractivity contribution in [2.24, 2.45) is 11.8 Å². The van der Waals surface area contributed by atoms with Gasteiger partial charge in [-0.1, -0.05) is 31.2 Å². The van der Waals surface area contributed by atoms with Crippen molar-refractivity contribution in [2.45, 2.75) is 45.4 Å². The van der Waals surface area contributed by atoms with Gasteiger partial charge in [-0.3, -0.25) is 14.9 Å². The Morgan fingerprint density at radius 1 is 1.46 bits per heavy atom. The molecule has 2 amide bonds. The van der Waals surface area contributed by atoms with Gasteiger partial charge in [0.2, 0.25) is 11.8 Å². The fraction of sp³-hybridized carbons (Fsp3) is 0.500. The van der Waals surface area contributed by atoms with E-state index in [0.29, 0.717) is 10.7 Å². The summed E-state index contributed by atoms with van der Waals surface area (Å²) >= 11 is 6.27. The number of halogens is 1. The van der Waals surface area contributed by atoms with Gasteiger partial charge < -0.3 is 21.4 Å². The number of nitrogens with one attached hydrogen (secondary N) is 5. The standard InChI is InChI=1S/C18H26ClN5O2/c1-9-5-13(7-15(19)16(9)23-12(4)25)24-18(26)14(8-20)17-21-10(2)6-11(3)22-17/h5,7-9,11,14,16-17,20-22H,2,6H2,1,3-4H3,(H,23,25)(H,24,26). The maximum absolute atomic E-state index is 12.7. The number of carbonyl (C=O) groups is 2. The molecule has 2 rings (SSSR count). The first-order chi connectivity index (χ1) is 12.2. The number of rotatable bonds is 5. The Balaban J connectivity index is 2.07. The molecule has 1 aliphatic carbocycles. The van der Waals surface area contributed by atoms with Crippen LogP contribution in [0.15, 0.2) is 35.2 Å². The van der Waals surface area contributed by atoms with Gasteiger partial charge in [0.05, 0.1) is 12.2 Å². The largest absolute Gasteiger partial charge is 0.373 e. The highest BCUT2D eigenvalue weighted by Crippen LogP contribution is 2.25. The number of hydrogen-bond donors (Lipinski definition) is 5. The molecule has 0 aromatic carbocycles. The summed E-state index contributed by atoms with van der Waals surface area (Å²) in [4.78, 5) is 24.0. The van der Waals surface area contributed by atoms with Crippen LogP contribution in [-0.4, -0.2) is 36.3 Å². The molecule has 0 aromatic heterocycles. The molecule has 1 aliphatic heterocycles. The predicted octanol–water partition coefficient (Wildman–Crippen LogP) is 1.34. The normalized spacial score (nSPS) is 29.6. The molecular formula is C18H26ClN5O2. The van der Waals surface area contributed by atoms with Gasteiger partial charge in [0.15, 0.2) is 0 Å². The minimum Gasteiger partial charge on any atom is -0.373 e. The summed E-state index contributed by atoms with van der Waals surface area (Å²) in [6.07, 6.45) is 4.97. The van der Waals surface area contributed by atoms with Crippen LogP contribution in [0.3, 0.4) is 0 Å². The molecule has 5 N–H and O–H groups in total. The lowest BCUT2D eigenvalue weighted by molar-refractivity contribution is -0.123. The van der Waals surface area contributed by atoms with Crippen molar-refractivity contribution in [2.75, 3.05) is 0 Å². The SMILES string of the molecule is C=C1CC(C)NC(C(C=N)C(=O)NC2=CC(C)C(NC(C)=O)C(Cl)=C2)N1. The molecule has 142 valence electrons. The summed E-state index contributed by atoms with van der Waals surface area (Å²) in [5.41, 5.74) is 1.40. The average molecular weight is 380 g/mol. The Labute approximate surface area is 158 Å². The van der Waals surface area contributed by atoms with Crippen molar-refractivity contribution in [3.63, 3.8) is 0 Å². The van der Waals surface area contributed by atoms with E-state index in [-0.39, 0.29) is 29.8 Å². The highest BCUT2D eigenvalue weighted by Gasteiger charge is 2.32. The Bertz CT molecular complexity index is 672. The molecule has 8 heteroatoms. The fourth-order valence-electron chi connectivity index (χ4n) is 3.21. The van der Waals surface area contributed by atoms with E-state index in [1.54, 1.807) is 6.08 Å². The number of hydrogen-bond acceptors (Lipinski definition) is 5. The highest BCUT2D eigenvalue weighted by atomic mass is 35.5. The Hall–Kier alpha value is -2.12. The van der Waals surface area contributed by atoms with E-state index >= 15 is 0 Å². The first-order valence-electron chi connectivity index (χ1n) is 8.59. The lowest BCUT2D eigenvalue weighted by atomic mass is 9.94. The lowest BCUT2D eigenvalue weighted by Gasteiger charge is -2.35. The Kier molecular flexibility index (Phi) is 6.61. The molecule has 0 bridgehead atoms. The third-order valence-corrected chi connectivity index (χ3v) is 4.75. The third-order valence-electron chi connectivity index (χ3n) is 4.40. The van der Waals surface area contributed by atoms with Crippen molar-refractivity contribution in [1.82, 2.24) is 21.3 Å². The van der Waals surface area contributed by atoms with Gasteiger partial charge in [0, 0.05) is 47.9 Å². The molecular weight excluding hydrogens is 354 g/mol. The molecule has 2 aliphatic rings. The molecule has 7 nitrogen and oxygen atoms in total. The number of carbonyl (C=O) groups excluding carboxylic acids is 2. The van der Waals surface area contributed by atoms with Crippen LogP contribution < -0.4 is 21.3 Å². The van der Waals surface area contributed by atoms with Gasteiger partial charge in [-0.2, -0.15) is 0 Å². The maximum atomic E-state index is 12.7. The zero-order valence-corrected chi connectivity index (χ0v) is 16.0. The summed E-state index contributed by atoms with van der Waals surface area (Å²) in [5.74, 6) is -1.26. The second kappa shape index (κ2) is 8.51. The van der Waals surface area contributed by atoms with Crippen LogP contribution in [-0.2, 0) is 9.59 Å². The first kappa shape index (κ1) is 20.2. The molecule has 0 saturated carbocycles. The summed E-state index contributed by atoms with van der Waals surface area (Å²) in [7, 11) is 0. The van der Waals surface area contributed by atoms with Crippen molar-refractivity contribution < 1.29 is 9.59 Å². The van der Waals surface area contributed by atoms with Crippen molar-refractivity contribution in [3.05, 3.63) is 35.2 Å². The number of allylic oxidation sites excluding steroid dienone is 1. The van der Waals surface area contributed by atoms with Crippen LogP contribution in [0.1, 0.15) is 27.2 Å². The van der Waals surface area contributed by atoms with Crippen molar-refractivity contribution in [3.8, 4) is 0 Å². The summed E-state index contributed by atoms with van der Waals surface area (Å²) < 4.78 is 0. The van der Waals surface area contributed by atoms with E-state index in [0.717, 1.165) is 18.3 Å². The van der Waals surface area contributed by atoms with Crippen LogP contribution in [0.2, 0.25) is 0 Å². The zero-order valence-electron chi connectivity index (χ0n) is 15.2.